The van der Waals surface area contributed by atoms with Gasteiger partial charge in [0.15, 0.2) is 0 Å². The largest absolute Gasteiger partial charge is 0.497 e. The normalized spacial score (nSPS) is 16.6. The molecule has 2 heterocycles. The monoisotopic (exact) mass is 495 g/mol. The van der Waals surface area contributed by atoms with Gasteiger partial charge in [0.25, 0.3) is 0 Å². The van der Waals surface area contributed by atoms with Gasteiger partial charge in [0.2, 0.25) is 11.9 Å². The predicted molar refractivity (Wildman–Crippen MR) is 140 cm³/mol. The summed E-state index contributed by atoms with van der Waals surface area (Å²) in [5.41, 5.74) is 7.24. The van der Waals surface area contributed by atoms with Crippen molar-refractivity contribution in [3.8, 4) is 16.9 Å². The van der Waals surface area contributed by atoms with Crippen LogP contribution in [0.1, 0.15) is 35.4 Å². The maximum Gasteiger partial charge on any atom is 0.224 e. The van der Waals surface area contributed by atoms with Crippen LogP contribution >= 0.6 is 0 Å². The van der Waals surface area contributed by atoms with Crippen molar-refractivity contribution < 1.29 is 9.53 Å². The molecular formula is C28H29N7O2. The fourth-order valence-corrected chi connectivity index (χ4v) is 5.36. The van der Waals surface area contributed by atoms with E-state index in [1.54, 1.807) is 19.5 Å². The summed E-state index contributed by atoms with van der Waals surface area (Å²) < 4.78 is 5.50. The number of hydrogen-bond acceptors (Lipinski definition) is 7. The van der Waals surface area contributed by atoms with E-state index in [1.165, 1.54) is 11.1 Å². The van der Waals surface area contributed by atoms with Gasteiger partial charge in [0, 0.05) is 42.2 Å². The number of nitrogens with zero attached hydrogens (tertiary/aromatic N) is 4. The molecular weight excluding hydrogens is 466 g/mol. The van der Waals surface area contributed by atoms with Crippen LogP contribution in [0, 0.1) is 5.92 Å². The average Bonchev–Trinajstić information content (AvgIpc) is 3.55. The first kappa shape index (κ1) is 23.1. The Balaban J connectivity index is 1.11. The Bertz CT molecular complexity index is 1390. The first-order valence-corrected chi connectivity index (χ1v) is 12.7. The van der Waals surface area contributed by atoms with Crippen molar-refractivity contribution in [2.75, 3.05) is 17.7 Å². The molecule has 2 aromatic carbocycles. The Labute approximate surface area is 215 Å². The first-order valence-electron chi connectivity index (χ1n) is 12.7. The van der Waals surface area contributed by atoms with Gasteiger partial charge in [-0.05, 0) is 66.8 Å². The molecule has 0 aliphatic heterocycles. The Hall–Kier alpha value is -4.27. The van der Waals surface area contributed by atoms with Crippen LogP contribution in [0.25, 0.3) is 11.1 Å². The molecule has 0 saturated carbocycles. The Morgan fingerprint density at radius 1 is 1.05 bits per heavy atom. The molecule has 37 heavy (non-hydrogen) atoms. The summed E-state index contributed by atoms with van der Waals surface area (Å²) in [5.74, 6) is 1.50. The molecule has 3 N–H and O–H groups in total. The quantitative estimate of drug-likeness (QED) is 0.355. The number of H-pyrrole nitrogens is 1. The van der Waals surface area contributed by atoms with E-state index >= 15 is 0 Å². The fourth-order valence-electron chi connectivity index (χ4n) is 5.36. The Kier molecular flexibility index (Phi) is 6.26. The molecule has 0 bridgehead atoms. The maximum absolute atomic E-state index is 12.8. The average molecular weight is 496 g/mol. The lowest BCUT2D eigenvalue weighted by Gasteiger charge is -2.20. The molecule has 188 valence electrons. The number of aromatic nitrogens is 5. The van der Waals surface area contributed by atoms with Crippen LogP contribution in [0.5, 0.6) is 5.75 Å². The van der Waals surface area contributed by atoms with Crippen molar-refractivity contribution in [2.24, 2.45) is 5.92 Å². The molecule has 2 aliphatic carbocycles. The number of ether oxygens (including phenoxy) is 1. The zero-order valence-corrected chi connectivity index (χ0v) is 20.7. The molecule has 2 aromatic heterocycles. The van der Waals surface area contributed by atoms with Crippen molar-refractivity contribution >= 4 is 17.5 Å². The summed E-state index contributed by atoms with van der Waals surface area (Å²) in [6.07, 6.45) is 8.58. The molecule has 0 spiro atoms. The standard InChI is InChI=1S/C28H29N7O2/c1-37-24-13-20(12-23(14-24)31-27(36)9-17-6-7-25-26(8-17)34-35-33-25)21-15-29-28(30-16-21)32-22-10-18-4-2-3-5-19(18)11-22/h2-5,12-17,22H,6-11H2,1H3,(H,31,36)(H,29,30,32)(H,33,34,35). The first-order chi connectivity index (χ1) is 18.1. The number of carbonyl (C=O) groups is 1. The molecule has 1 unspecified atom stereocenters. The number of carbonyl (C=O) groups excluding carboxylic acids is 1. The highest BCUT2D eigenvalue weighted by molar-refractivity contribution is 5.92. The van der Waals surface area contributed by atoms with E-state index in [9.17, 15) is 4.79 Å². The molecule has 2 aliphatic rings. The number of aromatic amines is 1. The predicted octanol–water partition coefficient (Wildman–Crippen LogP) is 3.98. The summed E-state index contributed by atoms with van der Waals surface area (Å²) >= 11 is 0. The highest BCUT2D eigenvalue weighted by Crippen LogP contribution is 2.30. The zero-order valence-electron chi connectivity index (χ0n) is 20.7. The van der Waals surface area contributed by atoms with E-state index in [4.69, 9.17) is 4.74 Å². The van der Waals surface area contributed by atoms with Crippen LogP contribution in [-0.2, 0) is 30.5 Å². The third-order valence-corrected chi connectivity index (χ3v) is 7.26. The fraction of sp³-hybridized carbons (Fsp3) is 0.321. The van der Waals surface area contributed by atoms with Gasteiger partial charge in [-0.15, -0.1) is 5.10 Å². The third-order valence-electron chi connectivity index (χ3n) is 7.26. The number of hydrogen-bond donors (Lipinski definition) is 3. The Morgan fingerprint density at radius 2 is 1.84 bits per heavy atom. The summed E-state index contributed by atoms with van der Waals surface area (Å²) in [6.45, 7) is 0. The van der Waals surface area contributed by atoms with Crippen LogP contribution in [-0.4, -0.2) is 44.4 Å². The smallest absolute Gasteiger partial charge is 0.224 e. The van der Waals surface area contributed by atoms with Crippen molar-refractivity contribution in [3.05, 3.63) is 77.4 Å². The second kappa shape index (κ2) is 10.0. The molecule has 1 amide bonds. The topological polar surface area (TPSA) is 118 Å². The lowest BCUT2D eigenvalue weighted by Crippen LogP contribution is -2.21. The van der Waals surface area contributed by atoms with Crippen molar-refractivity contribution in [1.82, 2.24) is 25.4 Å². The van der Waals surface area contributed by atoms with E-state index < -0.39 is 0 Å². The van der Waals surface area contributed by atoms with Gasteiger partial charge < -0.3 is 15.4 Å². The number of anilines is 2. The highest BCUT2D eigenvalue weighted by Gasteiger charge is 2.24. The number of methoxy groups -OCH3 is 1. The molecule has 9 nitrogen and oxygen atoms in total. The number of amides is 1. The molecule has 0 saturated heterocycles. The lowest BCUT2D eigenvalue weighted by atomic mass is 9.87. The van der Waals surface area contributed by atoms with Gasteiger partial charge in [-0.25, -0.2) is 9.97 Å². The van der Waals surface area contributed by atoms with Crippen LogP contribution in [0.4, 0.5) is 11.6 Å². The third kappa shape index (κ3) is 5.16. The summed E-state index contributed by atoms with van der Waals surface area (Å²) in [5, 5.41) is 17.5. The number of benzene rings is 2. The highest BCUT2D eigenvalue weighted by atomic mass is 16.5. The van der Waals surface area contributed by atoms with Crippen LogP contribution in [0.15, 0.2) is 54.9 Å². The number of aryl methyl sites for hydroxylation is 1. The van der Waals surface area contributed by atoms with Crippen molar-refractivity contribution in [1.29, 1.82) is 0 Å². The molecule has 9 heteroatoms. The maximum atomic E-state index is 12.8. The van der Waals surface area contributed by atoms with Gasteiger partial charge >= 0.3 is 0 Å². The second-order valence-corrected chi connectivity index (χ2v) is 9.86. The Morgan fingerprint density at radius 3 is 2.59 bits per heavy atom. The zero-order chi connectivity index (χ0) is 25.2. The molecule has 0 radical (unpaired) electrons. The van der Waals surface area contributed by atoms with Crippen molar-refractivity contribution in [2.45, 2.75) is 44.6 Å². The van der Waals surface area contributed by atoms with E-state index in [0.717, 1.165) is 54.6 Å². The minimum atomic E-state index is -0.0236. The minimum Gasteiger partial charge on any atom is -0.497 e. The van der Waals surface area contributed by atoms with Gasteiger partial charge in [-0.2, -0.15) is 0 Å². The number of fused-ring (bicyclic) bond motifs is 2. The minimum absolute atomic E-state index is 0.0236. The van der Waals surface area contributed by atoms with Gasteiger partial charge in [0.05, 0.1) is 18.5 Å². The number of rotatable bonds is 7. The van der Waals surface area contributed by atoms with Gasteiger partial charge in [-0.3, -0.25) is 9.89 Å². The molecule has 0 fully saturated rings. The number of nitrogens with one attached hydrogen (secondary N) is 3. The van der Waals surface area contributed by atoms with Gasteiger partial charge in [0.1, 0.15) is 5.75 Å². The SMILES string of the molecule is COc1cc(NC(=O)CC2CCc3[nH]nnc3C2)cc(-c2cnc(NC3Cc4ccccc4C3)nc2)c1. The van der Waals surface area contributed by atoms with E-state index in [0.29, 0.717) is 29.8 Å². The molecule has 4 aromatic rings. The second-order valence-electron chi connectivity index (χ2n) is 9.86. The van der Waals surface area contributed by atoms with E-state index in [2.05, 4.69) is 60.3 Å². The van der Waals surface area contributed by atoms with Crippen LogP contribution < -0.4 is 15.4 Å². The van der Waals surface area contributed by atoms with E-state index in [1.807, 2.05) is 18.2 Å². The van der Waals surface area contributed by atoms with Crippen LogP contribution in [0.3, 0.4) is 0 Å². The molecule has 6 rings (SSSR count). The van der Waals surface area contributed by atoms with Gasteiger partial charge in [-0.1, -0.05) is 29.5 Å². The molecule has 1 atom stereocenters. The summed E-state index contributed by atoms with van der Waals surface area (Å²) in [7, 11) is 1.62. The lowest BCUT2D eigenvalue weighted by molar-refractivity contribution is -0.117. The summed E-state index contributed by atoms with van der Waals surface area (Å²) in [6, 6.07) is 14.5. The van der Waals surface area contributed by atoms with E-state index in [-0.39, 0.29) is 11.8 Å². The summed E-state index contributed by atoms with van der Waals surface area (Å²) in [4.78, 5) is 22.0. The van der Waals surface area contributed by atoms with Crippen LogP contribution in [0.2, 0.25) is 0 Å². The van der Waals surface area contributed by atoms with Crippen molar-refractivity contribution in [3.63, 3.8) is 0 Å².